The van der Waals surface area contributed by atoms with Gasteiger partial charge in [0.15, 0.2) is 5.82 Å². The Balaban J connectivity index is 1.95. The highest BCUT2D eigenvalue weighted by Crippen LogP contribution is 2.20. The van der Waals surface area contributed by atoms with Gasteiger partial charge in [-0.1, -0.05) is 48.0 Å². The van der Waals surface area contributed by atoms with E-state index >= 15 is 0 Å². The number of benzene rings is 2. The zero-order chi connectivity index (χ0) is 13.9. The van der Waals surface area contributed by atoms with Gasteiger partial charge >= 0.3 is 0 Å². The summed E-state index contributed by atoms with van der Waals surface area (Å²) in [5.74, 6) is 0.766. The number of fused-ring (bicyclic) bond motifs is 1. The summed E-state index contributed by atoms with van der Waals surface area (Å²) in [6, 6.07) is 16.3. The van der Waals surface area contributed by atoms with Crippen LogP contribution >= 0.6 is 0 Å². The number of hydrogen-bond donors (Lipinski definition) is 1. The maximum Gasteiger partial charge on any atom is 0.156 e. The average molecular weight is 259 g/mol. The summed E-state index contributed by atoms with van der Waals surface area (Å²) < 4.78 is 0. The smallest absolute Gasteiger partial charge is 0.156 e. The van der Waals surface area contributed by atoms with Crippen LogP contribution in [-0.2, 0) is 6.54 Å². The van der Waals surface area contributed by atoms with Crippen LogP contribution in [0.1, 0.15) is 11.1 Å². The van der Waals surface area contributed by atoms with Crippen molar-refractivity contribution in [3.63, 3.8) is 0 Å². The Morgan fingerprint density at radius 1 is 1.00 bits per heavy atom. The highest BCUT2D eigenvalue weighted by molar-refractivity contribution is 6.37. The van der Waals surface area contributed by atoms with E-state index in [-0.39, 0.29) is 0 Å². The third-order valence-corrected chi connectivity index (χ3v) is 3.27. The Bertz CT molecular complexity index is 741. The van der Waals surface area contributed by atoms with E-state index < -0.39 is 0 Å². The molecule has 0 spiro atoms. The van der Waals surface area contributed by atoms with E-state index in [2.05, 4.69) is 40.6 Å². The minimum Gasteiger partial charge on any atom is -0.364 e. The fourth-order valence-corrected chi connectivity index (χ4v) is 2.20. The molecule has 2 aromatic carbocycles. The molecule has 0 saturated heterocycles. The summed E-state index contributed by atoms with van der Waals surface area (Å²) >= 11 is 0. The van der Waals surface area contributed by atoms with Gasteiger partial charge in [-0.05, 0) is 23.9 Å². The number of hydrogen-bond acceptors (Lipinski definition) is 3. The number of nitrogens with zero attached hydrogens (tertiary/aromatic N) is 2. The summed E-state index contributed by atoms with van der Waals surface area (Å²) in [7, 11) is 5.88. The van der Waals surface area contributed by atoms with E-state index in [9.17, 15) is 0 Å². The molecular weight excluding hydrogens is 245 g/mol. The molecule has 0 aliphatic rings. The first-order valence-electron chi connectivity index (χ1n) is 6.54. The number of nitrogens with one attached hydrogen (secondary N) is 1. The summed E-state index contributed by atoms with van der Waals surface area (Å²) in [6.07, 6.45) is 0. The minimum atomic E-state index is 0.463. The molecule has 3 aromatic rings. The van der Waals surface area contributed by atoms with Gasteiger partial charge in [0.25, 0.3) is 0 Å². The first-order chi connectivity index (χ1) is 9.74. The van der Waals surface area contributed by atoms with Crippen LogP contribution in [-0.4, -0.2) is 18.0 Å². The van der Waals surface area contributed by atoms with Crippen LogP contribution in [0.15, 0.2) is 48.5 Å². The standard InChI is InChI=1S/C16H14BN3/c1-11-7-8-13-14(9-11)16(20-19-15(13)17)18-10-12-5-3-2-4-6-12/h2-9H,10H2,1H3,(H,18,20). The second-order valence-corrected chi connectivity index (χ2v) is 4.82. The van der Waals surface area contributed by atoms with Gasteiger partial charge < -0.3 is 5.32 Å². The number of aryl methyl sites for hydroxylation is 1. The van der Waals surface area contributed by atoms with Crippen molar-refractivity contribution in [1.29, 1.82) is 0 Å². The van der Waals surface area contributed by atoms with Gasteiger partial charge in [0.05, 0.1) is 0 Å². The molecule has 3 nitrogen and oxygen atoms in total. The van der Waals surface area contributed by atoms with Crippen LogP contribution in [0.25, 0.3) is 10.8 Å². The van der Waals surface area contributed by atoms with E-state index in [0.717, 1.165) is 16.6 Å². The normalized spacial score (nSPS) is 10.7. The van der Waals surface area contributed by atoms with E-state index in [1.165, 1.54) is 11.1 Å². The molecule has 0 aliphatic carbocycles. The summed E-state index contributed by atoms with van der Waals surface area (Å²) in [5, 5.41) is 13.5. The zero-order valence-corrected chi connectivity index (χ0v) is 11.3. The molecule has 3 rings (SSSR count). The Hall–Kier alpha value is -2.36. The van der Waals surface area contributed by atoms with Crippen LogP contribution < -0.4 is 10.9 Å². The molecule has 4 heteroatoms. The lowest BCUT2D eigenvalue weighted by molar-refractivity contribution is 1.03. The molecule has 1 aromatic heterocycles. The van der Waals surface area contributed by atoms with E-state index in [1.54, 1.807) is 0 Å². The molecule has 0 atom stereocenters. The van der Waals surface area contributed by atoms with E-state index in [4.69, 9.17) is 7.85 Å². The second-order valence-electron chi connectivity index (χ2n) is 4.82. The summed E-state index contributed by atoms with van der Waals surface area (Å²) in [4.78, 5) is 0. The van der Waals surface area contributed by atoms with Crippen LogP contribution in [0.4, 0.5) is 5.82 Å². The highest BCUT2D eigenvalue weighted by atomic mass is 15.2. The average Bonchev–Trinajstić information content (AvgIpc) is 2.47. The van der Waals surface area contributed by atoms with Gasteiger partial charge in [0.2, 0.25) is 0 Å². The van der Waals surface area contributed by atoms with Crippen LogP contribution in [0, 0.1) is 6.92 Å². The Morgan fingerprint density at radius 3 is 2.60 bits per heavy atom. The predicted octanol–water partition coefficient (Wildman–Crippen LogP) is 2.34. The molecule has 96 valence electrons. The van der Waals surface area contributed by atoms with E-state index in [1.807, 2.05) is 30.3 Å². The first kappa shape index (κ1) is 12.7. The maximum absolute atomic E-state index is 5.88. The number of anilines is 1. The number of rotatable bonds is 3. The van der Waals surface area contributed by atoms with Crippen LogP contribution in [0.5, 0.6) is 0 Å². The molecular formula is C16H14BN3. The molecule has 0 fully saturated rings. The van der Waals surface area contributed by atoms with Crippen molar-refractivity contribution in [3.8, 4) is 0 Å². The first-order valence-corrected chi connectivity index (χ1v) is 6.54. The minimum absolute atomic E-state index is 0.463. The van der Waals surface area contributed by atoms with Gasteiger partial charge in [-0.3, -0.25) is 0 Å². The highest BCUT2D eigenvalue weighted by Gasteiger charge is 2.06. The topological polar surface area (TPSA) is 37.8 Å². The molecule has 20 heavy (non-hydrogen) atoms. The molecule has 0 aliphatic heterocycles. The molecule has 1 heterocycles. The summed E-state index contributed by atoms with van der Waals surface area (Å²) in [6.45, 7) is 2.76. The van der Waals surface area contributed by atoms with Crippen molar-refractivity contribution >= 4 is 30.0 Å². The molecule has 0 bridgehead atoms. The fraction of sp³-hybridized carbons (Fsp3) is 0.125. The van der Waals surface area contributed by atoms with Crippen molar-refractivity contribution < 1.29 is 0 Å². The molecule has 0 amide bonds. The molecule has 0 saturated carbocycles. The maximum atomic E-state index is 5.88. The van der Waals surface area contributed by atoms with Crippen LogP contribution in [0.2, 0.25) is 0 Å². The Labute approximate surface area is 119 Å². The van der Waals surface area contributed by atoms with E-state index in [0.29, 0.717) is 12.1 Å². The SMILES string of the molecule is [B]c1nnc(NCc2ccccc2)c2cc(C)ccc12. The largest absolute Gasteiger partial charge is 0.364 e. The summed E-state index contributed by atoms with van der Waals surface area (Å²) in [5.41, 5.74) is 2.84. The van der Waals surface area contributed by atoms with Crippen molar-refractivity contribution in [1.82, 2.24) is 10.2 Å². The molecule has 1 N–H and O–H groups in total. The lowest BCUT2D eigenvalue weighted by atomic mass is 9.96. The van der Waals surface area contributed by atoms with Crippen LogP contribution in [0.3, 0.4) is 0 Å². The van der Waals surface area contributed by atoms with Crippen molar-refractivity contribution in [2.75, 3.05) is 5.32 Å². The molecule has 0 unspecified atom stereocenters. The lowest BCUT2D eigenvalue weighted by Crippen LogP contribution is -2.14. The predicted molar refractivity (Wildman–Crippen MR) is 83.4 cm³/mol. The van der Waals surface area contributed by atoms with Crippen molar-refractivity contribution in [3.05, 3.63) is 59.7 Å². The third-order valence-electron chi connectivity index (χ3n) is 3.27. The van der Waals surface area contributed by atoms with Gasteiger partial charge in [0, 0.05) is 17.5 Å². The van der Waals surface area contributed by atoms with Gasteiger partial charge in [-0.25, -0.2) is 0 Å². The van der Waals surface area contributed by atoms with Gasteiger partial charge in [-0.15, -0.1) is 5.10 Å². The lowest BCUT2D eigenvalue weighted by Gasteiger charge is -2.10. The number of aromatic nitrogens is 2. The Kier molecular flexibility index (Phi) is 3.38. The monoisotopic (exact) mass is 259 g/mol. The zero-order valence-electron chi connectivity index (χ0n) is 11.3. The Morgan fingerprint density at radius 2 is 1.80 bits per heavy atom. The van der Waals surface area contributed by atoms with Gasteiger partial charge in [-0.2, -0.15) is 5.10 Å². The molecule has 2 radical (unpaired) electrons. The quantitative estimate of drug-likeness (QED) is 0.733. The second kappa shape index (κ2) is 5.33. The van der Waals surface area contributed by atoms with Crippen molar-refractivity contribution in [2.24, 2.45) is 0 Å². The van der Waals surface area contributed by atoms with Gasteiger partial charge in [0.1, 0.15) is 7.85 Å². The van der Waals surface area contributed by atoms with Crippen molar-refractivity contribution in [2.45, 2.75) is 13.5 Å². The third kappa shape index (κ3) is 2.50. The fourth-order valence-electron chi connectivity index (χ4n) is 2.20.